The lowest BCUT2D eigenvalue weighted by Crippen LogP contribution is -2.23. The van der Waals surface area contributed by atoms with Gasteiger partial charge in [-0.1, -0.05) is 48.5 Å². The van der Waals surface area contributed by atoms with Crippen molar-refractivity contribution in [1.29, 1.82) is 0 Å². The Hall–Kier alpha value is -2.17. The Labute approximate surface area is 107 Å². The number of ketones is 1. The minimum absolute atomic E-state index is 0.464. The number of carbonyl (C=O) groups excluding carboxylic acids is 2. The van der Waals surface area contributed by atoms with E-state index in [0.717, 1.165) is 0 Å². The van der Waals surface area contributed by atoms with Crippen LogP contribution in [0, 0.1) is 0 Å². The third kappa shape index (κ3) is 4.54. The number of halogens is 3. The first kappa shape index (κ1) is 14.9. The van der Waals surface area contributed by atoms with Gasteiger partial charge in [-0.2, -0.15) is 0 Å². The standard InChI is InChI=1S/C10H8.C4H3F3O2/c1-2-6-10-8-4-3-7-9(10)5-1;5-2(1-8)3(9)4(6)7/h1-8H;1-2,4H. The van der Waals surface area contributed by atoms with Gasteiger partial charge >= 0.3 is 0 Å². The molecule has 0 aliphatic carbocycles. The molecule has 0 saturated carbocycles. The zero-order chi connectivity index (χ0) is 14.3. The van der Waals surface area contributed by atoms with Crippen LogP contribution in [0.5, 0.6) is 0 Å². The van der Waals surface area contributed by atoms with Crippen LogP contribution < -0.4 is 0 Å². The SMILES string of the molecule is O=CC(F)C(=O)C(F)F.c1ccc2ccccc2c1. The fraction of sp³-hybridized carbons (Fsp3) is 0.143. The molecule has 0 aromatic heterocycles. The van der Waals surface area contributed by atoms with Gasteiger partial charge in [0, 0.05) is 0 Å². The van der Waals surface area contributed by atoms with Crippen LogP contribution in [0.25, 0.3) is 10.8 Å². The van der Waals surface area contributed by atoms with Crippen molar-refractivity contribution in [2.75, 3.05) is 0 Å². The Morgan fingerprint density at radius 1 is 0.895 bits per heavy atom. The number of fused-ring (bicyclic) bond motifs is 1. The molecule has 2 aromatic rings. The number of aldehydes is 1. The minimum atomic E-state index is -3.40. The summed E-state index contributed by atoms with van der Waals surface area (Å²) in [5.74, 6) is -1.98. The van der Waals surface area contributed by atoms with Gasteiger partial charge in [0.1, 0.15) is 0 Å². The molecule has 0 N–H and O–H groups in total. The molecule has 0 fully saturated rings. The lowest BCUT2D eigenvalue weighted by Gasteiger charge is -1.94. The molecule has 2 rings (SSSR count). The molecule has 2 nitrogen and oxygen atoms in total. The average molecular weight is 268 g/mol. The molecule has 1 atom stereocenters. The van der Waals surface area contributed by atoms with Crippen molar-refractivity contribution in [3.05, 3.63) is 48.5 Å². The van der Waals surface area contributed by atoms with Gasteiger partial charge in [-0.25, -0.2) is 13.2 Å². The van der Waals surface area contributed by atoms with Gasteiger partial charge in [0.05, 0.1) is 0 Å². The first-order chi connectivity index (χ1) is 9.06. The van der Waals surface area contributed by atoms with E-state index in [1.54, 1.807) is 0 Å². The van der Waals surface area contributed by atoms with E-state index in [9.17, 15) is 22.8 Å². The topological polar surface area (TPSA) is 34.1 Å². The van der Waals surface area contributed by atoms with Gasteiger partial charge in [0.25, 0.3) is 6.43 Å². The smallest absolute Gasteiger partial charge is 0.299 e. The second-order valence-electron chi connectivity index (χ2n) is 3.59. The molecule has 5 heteroatoms. The summed E-state index contributed by atoms with van der Waals surface area (Å²) >= 11 is 0. The summed E-state index contributed by atoms with van der Waals surface area (Å²) in [4.78, 5) is 19.0. The van der Waals surface area contributed by atoms with Crippen molar-refractivity contribution in [3.63, 3.8) is 0 Å². The second-order valence-corrected chi connectivity index (χ2v) is 3.59. The first-order valence-corrected chi connectivity index (χ1v) is 5.41. The van der Waals surface area contributed by atoms with Crippen LogP contribution in [0.4, 0.5) is 13.2 Å². The van der Waals surface area contributed by atoms with Crippen molar-refractivity contribution in [1.82, 2.24) is 0 Å². The molecule has 0 saturated heterocycles. The maximum Gasteiger partial charge on any atom is 0.299 e. The van der Waals surface area contributed by atoms with E-state index in [1.165, 1.54) is 10.8 Å². The highest BCUT2D eigenvalue weighted by Crippen LogP contribution is 2.11. The molecular formula is C14H11F3O2. The van der Waals surface area contributed by atoms with E-state index in [1.807, 2.05) is 0 Å². The average Bonchev–Trinajstić information content (AvgIpc) is 2.46. The van der Waals surface area contributed by atoms with Crippen LogP contribution in [0.1, 0.15) is 0 Å². The summed E-state index contributed by atoms with van der Waals surface area (Å²) in [5.41, 5.74) is 0. The lowest BCUT2D eigenvalue weighted by molar-refractivity contribution is -0.137. The van der Waals surface area contributed by atoms with Crippen molar-refractivity contribution in [2.24, 2.45) is 0 Å². The monoisotopic (exact) mass is 268 g/mol. The van der Waals surface area contributed by atoms with Crippen molar-refractivity contribution in [3.8, 4) is 0 Å². The molecule has 0 amide bonds. The van der Waals surface area contributed by atoms with Gasteiger partial charge < -0.3 is 0 Å². The fourth-order valence-electron chi connectivity index (χ4n) is 1.32. The van der Waals surface area contributed by atoms with Crippen LogP contribution in [0.2, 0.25) is 0 Å². The predicted molar refractivity (Wildman–Crippen MR) is 65.9 cm³/mol. The number of benzene rings is 2. The Morgan fingerprint density at radius 2 is 1.26 bits per heavy atom. The van der Waals surface area contributed by atoms with E-state index >= 15 is 0 Å². The number of hydrogen-bond donors (Lipinski definition) is 0. The molecule has 0 radical (unpaired) electrons. The van der Waals surface area contributed by atoms with Crippen molar-refractivity contribution in [2.45, 2.75) is 12.6 Å². The highest BCUT2D eigenvalue weighted by atomic mass is 19.3. The maximum atomic E-state index is 11.6. The third-order valence-corrected chi connectivity index (χ3v) is 2.27. The van der Waals surface area contributed by atoms with Gasteiger partial charge in [-0.3, -0.25) is 9.59 Å². The Kier molecular flexibility index (Phi) is 5.73. The minimum Gasteiger partial charge on any atom is -0.300 e. The molecule has 100 valence electrons. The largest absolute Gasteiger partial charge is 0.300 e. The Balaban J connectivity index is 0.000000192. The molecule has 0 aliphatic heterocycles. The lowest BCUT2D eigenvalue weighted by atomic mass is 10.1. The second kappa shape index (κ2) is 7.31. The summed E-state index contributed by atoms with van der Waals surface area (Å²) in [6, 6.07) is 16.7. The van der Waals surface area contributed by atoms with Crippen LogP contribution >= 0.6 is 0 Å². The Bertz CT molecular complexity index is 490. The molecule has 0 bridgehead atoms. The summed E-state index contributed by atoms with van der Waals surface area (Å²) in [5, 5.41) is 2.62. The van der Waals surface area contributed by atoms with Crippen LogP contribution in [-0.4, -0.2) is 24.7 Å². The molecule has 19 heavy (non-hydrogen) atoms. The highest BCUT2D eigenvalue weighted by Gasteiger charge is 2.25. The normalized spacial score (nSPS) is 11.6. The number of alkyl halides is 3. The highest BCUT2D eigenvalue weighted by molar-refractivity contribution is 5.97. The van der Waals surface area contributed by atoms with E-state index in [0.29, 0.717) is 0 Å². The van der Waals surface area contributed by atoms with Crippen molar-refractivity contribution < 1.29 is 22.8 Å². The van der Waals surface area contributed by atoms with Gasteiger partial charge in [0.15, 0.2) is 6.29 Å². The maximum absolute atomic E-state index is 11.6. The molecule has 0 heterocycles. The number of carbonyl (C=O) groups is 2. The van der Waals surface area contributed by atoms with E-state index < -0.39 is 24.7 Å². The fourth-order valence-corrected chi connectivity index (χ4v) is 1.32. The summed E-state index contributed by atoms with van der Waals surface area (Å²) in [7, 11) is 0. The summed E-state index contributed by atoms with van der Waals surface area (Å²) < 4.78 is 33.8. The quantitative estimate of drug-likeness (QED) is 0.632. The predicted octanol–water partition coefficient (Wildman–Crippen LogP) is 3.20. The molecule has 1 unspecified atom stereocenters. The summed E-state index contributed by atoms with van der Waals surface area (Å²) in [6.07, 6.45) is -6.54. The van der Waals surface area contributed by atoms with Crippen LogP contribution in [-0.2, 0) is 9.59 Å². The molecule has 0 aliphatic rings. The summed E-state index contributed by atoms with van der Waals surface area (Å²) in [6.45, 7) is 0. The van der Waals surface area contributed by atoms with E-state index in [4.69, 9.17) is 0 Å². The third-order valence-electron chi connectivity index (χ3n) is 2.27. The van der Waals surface area contributed by atoms with Crippen LogP contribution in [0.3, 0.4) is 0 Å². The first-order valence-electron chi connectivity index (χ1n) is 5.41. The number of Topliss-reactive ketones (excluding diaryl/α,β-unsaturated/α-hetero) is 1. The Morgan fingerprint density at radius 3 is 1.47 bits per heavy atom. The molecule has 2 aromatic carbocycles. The molecule has 0 spiro atoms. The zero-order valence-electron chi connectivity index (χ0n) is 9.80. The van der Waals surface area contributed by atoms with E-state index in [2.05, 4.69) is 48.5 Å². The number of hydrogen-bond acceptors (Lipinski definition) is 2. The van der Waals surface area contributed by atoms with Gasteiger partial charge in [-0.15, -0.1) is 0 Å². The number of rotatable bonds is 3. The van der Waals surface area contributed by atoms with E-state index in [-0.39, 0.29) is 0 Å². The van der Waals surface area contributed by atoms with Crippen LogP contribution in [0.15, 0.2) is 48.5 Å². The molecular weight excluding hydrogens is 257 g/mol. The van der Waals surface area contributed by atoms with Gasteiger partial charge in [0.2, 0.25) is 12.0 Å². The van der Waals surface area contributed by atoms with Crippen molar-refractivity contribution >= 4 is 22.8 Å². The zero-order valence-corrected chi connectivity index (χ0v) is 9.80. The van der Waals surface area contributed by atoms with Gasteiger partial charge in [-0.05, 0) is 10.8 Å².